The maximum atomic E-state index is 8.82. The molecule has 0 saturated heterocycles. The number of nitrogens with zero attached hydrogens (tertiary/aromatic N) is 2. The molecule has 0 fully saturated rings. The zero-order chi connectivity index (χ0) is 23.4. The van der Waals surface area contributed by atoms with E-state index in [9.17, 15) is 0 Å². The highest BCUT2D eigenvalue weighted by atomic mass is 15.2. The van der Waals surface area contributed by atoms with E-state index in [4.69, 9.17) is 6.85 Å². The summed E-state index contributed by atoms with van der Waals surface area (Å²) in [6, 6.07) is 17.3. The van der Waals surface area contributed by atoms with Crippen molar-refractivity contribution >= 4 is 35.2 Å². The molecule has 0 radical (unpaired) electrons. The quantitative estimate of drug-likeness (QED) is 0.513. The van der Waals surface area contributed by atoms with E-state index < -0.39 is 20.1 Å². The van der Waals surface area contributed by atoms with Gasteiger partial charge in [0.15, 0.2) is 0 Å². The maximum Gasteiger partial charge on any atom is 0.405 e. The van der Waals surface area contributed by atoms with Gasteiger partial charge in [0.25, 0.3) is 5.82 Å². The van der Waals surface area contributed by atoms with Crippen molar-refractivity contribution < 1.29 is 11.4 Å². The van der Waals surface area contributed by atoms with Crippen molar-refractivity contribution in [3.05, 3.63) is 70.6 Å². The Kier molecular flexibility index (Phi) is 3.26. The van der Waals surface area contributed by atoms with E-state index in [1.807, 2.05) is 97.9 Å². The molecule has 1 aromatic heterocycles. The molecule has 27 heavy (non-hydrogen) atoms. The number of fused-ring (bicyclic) bond motifs is 2. The van der Waals surface area contributed by atoms with E-state index in [0.717, 1.165) is 27.2 Å². The van der Waals surface area contributed by atoms with Crippen molar-refractivity contribution in [2.24, 2.45) is 13.0 Å². The second-order valence-electron chi connectivity index (χ2n) is 7.50. The molecule has 2 heterocycles. The van der Waals surface area contributed by atoms with Gasteiger partial charge in [-0.1, -0.05) is 56.3 Å². The van der Waals surface area contributed by atoms with Crippen molar-refractivity contribution in [3.63, 3.8) is 0 Å². The number of pyridine rings is 1. The smallest absolute Gasteiger partial charge is 0.293 e. The van der Waals surface area contributed by atoms with Gasteiger partial charge in [0.05, 0.1) is 13.2 Å². The van der Waals surface area contributed by atoms with Crippen LogP contribution in [0.3, 0.4) is 0 Å². The summed E-state index contributed by atoms with van der Waals surface area (Å²) in [6.07, 6.45) is 0.435. The molecule has 0 atom stereocenters. The summed E-state index contributed by atoms with van der Waals surface area (Å²) >= 11 is 0. The Morgan fingerprint density at radius 1 is 1.15 bits per heavy atom. The van der Waals surface area contributed by atoms with E-state index in [0.29, 0.717) is 11.0 Å². The van der Waals surface area contributed by atoms with Crippen LogP contribution >= 0.6 is 0 Å². The van der Waals surface area contributed by atoms with Gasteiger partial charge in [0.1, 0.15) is 5.52 Å². The lowest BCUT2D eigenvalue weighted by Gasteiger charge is -2.24. The Morgan fingerprint density at radius 3 is 2.67 bits per heavy atom. The zero-order valence-electron chi connectivity index (χ0n) is 21.3. The summed E-state index contributed by atoms with van der Waals surface area (Å²) in [7, 11) is 1.95. The fourth-order valence-corrected chi connectivity index (χ4v) is 3.84. The Labute approximate surface area is 169 Å². The molecular weight excluding hydrogens is 327 g/mol. The van der Waals surface area contributed by atoms with Crippen LogP contribution in [0.1, 0.15) is 33.1 Å². The molecule has 0 saturated carbocycles. The van der Waals surface area contributed by atoms with Gasteiger partial charge in [-0.3, -0.25) is 4.81 Å². The molecular formula is C24H28BN2+. The molecule has 3 heteroatoms. The number of benzene rings is 2. The molecule has 1 aliphatic heterocycles. The summed E-state index contributed by atoms with van der Waals surface area (Å²) < 4.78 is 44.3. The number of rotatable bonds is 3. The van der Waals surface area contributed by atoms with Gasteiger partial charge in [-0.2, -0.15) is 0 Å². The Hall–Kier alpha value is -2.55. The first-order valence-electron chi connectivity index (χ1n) is 12.0. The molecule has 0 unspecified atom stereocenters. The second kappa shape index (κ2) is 6.88. The minimum atomic E-state index is -2.24. The lowest BCUT2D eigenvalue weighted by Crippen LogP contribution is -2.50. The zero-order valence-corrected chi connectivity index (χ0v) is 16.3. The fraction of sp³-hybridized carbons (Fsp3) is 0.292. The minimum absolute atomic E-state index is 0.223. The Balaban J connectivity index is 2.05. The average molecular weight is 360 g/mol. The van der Waals surface area contributed by atoms with Gasteiger partial charge in [-0.05, 0) is 48.3 Å². The van der Waals surface area contributed by atoms with E-state index >= 15 is 0 Å². The summed E-state index contributed by atoms with van der Waals surface area (Å²) in [5.74, 6) is 0.534. The van der Waals surface area contributed by atoms with Gasteiger partial charge < -0.3 is 0 Å². The van der Waals surface area contributed by atoms with E-state index in [1.165, 1.54) is 0 Å². The highest BCUT2D eigenvalue weighted by Crippen LogP contribution is 2.26. The van der Waals surface area contributed by atoms with Crippen LogP contribution in [0.25, 0.3) is 22.6 Å². The molecule has 136 valence electrons. The number of aromatic nitrogens is 1. The van der Waals surface area contributed by atoms with Crippen molar-refractivity contribution in [1.82, 2.24) is 0 Å². The first kappa shape index (κ1) is 12.8. The van der Waals surface area contributed by atoms with E-state index in [2.05, 4.69) is 0 Å². The lowest BCUT2D eigenvalue weighted by molar-refractivity contribution is -0.631. The van der Waals surface area contributed by atoms with Crippen molar-refractivity contribution in [2.75, 3.05) is 4.81 Å². The summed E-state index contributed by atoms with van der Waals surface area (Å²) in [5.41, 5.74) is 1.92. The lowest BCUT2D eigenvalue weighted by atomic mass is 9.55. The van der Waals surface area contributed by atoms with Gasteiger partial charge in [-0.25, -0.2) is 4.57 Å². The number of hydrogen-bond acceptors (Lipinski definition) is 1. The second-order valence-corrected chi connectivity index (χ2v) is 7.50. The largest absolute Gasteiger partial charge is 0.405 e. The van der Waals surface area contributed by atoms with Gasteiger partial charge in [0.2, 0.25) is 0 Å². The molecule has 2 nitrogen and oxygen atoms in total. The number of para-hydroxylation sites is 1. The van der Waals surface area contributed by atoms with Crippen LogP contribution in [0.2, 0.25) is 6.82 Å². The van der Waals surface area contributed by atoms with Crippen LogP contribution in [0.5, 0.6) is 0 Å². The predicted molar refractivity (Wildman–Crippen MR) is 117 cm³/mol. The van der Waals surface area contributed by atoms with Gasteiger partial charge in [0, 0.05) is 23.5 Å². The normalized spacial score (nSPS) is 17.7. The fourth-order valence-electron chi connectivity index (χ4n) is 3.84. The van der Waals surface area contributed by atoms with Crippen LogP contribution in [0.15, 0.2) is 54.6 Å². The molecule has 1 aliphatic rings. The minimum Gasteiger partial charge on any atom is -0.293 e. The van der Waals surface area contributed by atoms with Crippen LogP contribution in [-0.4, -0.2) is 6.85 Å². The molecule has 0 amide bonds. The Bertz CT molecular complexity index is 1310. The highest BCUT2D eigenvalue weighted by Gasteiger charge is 2.32. The third kappa shape index (κ3) is 3.05. The van der Waals surface area contributed by atoms with Crippen molar-refractivity contribution in [3.8, 4) is 0 Å². The Morgan fingerprint density at radius 2 is 1.89 bits per heavy atom. The summed E-state index contributed by atoms with van der Waals surface area (Å²) in [6.45, 7) is 3.01. The van der Waals surface area contributed by atoms with Crippen LogP contribution in [0.4, 0.5) is 5.82 Å². The summed E-state index contributed by atoms with van der Waals surface area (Å²) in [5, 5.41) is 2.46. The molecule has 0 N–H and O–H groups in total. The highest BCUT2D eigenvalue weighted by molar-refractivity contribution is 6.80. The third-order valence-corrected chi connectivity index (χ3v) is 5.25. The molecule has 4 rings (SSSR count). The molecule has 3 aromatic rings. The number of aryl methyl sites for hydroxylation is 1. The summed E-state index contributed by atoms with van der Waals surface area (Å²) in [4.78, 5) is 1.97. The SMILES string of the molecule is [2H]C([2H])([2H])C1=c2ccccc2=CN(c2cc(C([2H])([2H])C(C)C)c3ccccc3[n+]2C)B1C. The topological polar surface area (TPSA) is 7.12 Å². The monoisotopic (exact) mass is 360 g/mol. The van der Waals surface area contributed by atoms with Crippen LogP contribution in [0, 0.1) is 5.92 Å². The van der Waals surface area contributed by atoms with Crippen molar-refractivity contribution in [2.45, 2.75) is 33.9 Å². The van der Waals surface area contributed by atoms with Gasteiger partial charge >= 0.3 is 6.85 Å². The van der Waals surface area contributed by atoms with Gasteiger partial charge in [-0.15, -0.1) is 0 Å². The first-order valence-corrected chi connectivity index (χ1v) is 9.46. The first-order chi connectivity index (χ1) is 14.9. The molecule has 2 aromatic carbocycles. The van der Waals surface area contributed by atoms with E-state index in [-0.39, 0.29) is 5.92 Å². The van der Waals surface area contributed by atoms with Crippen molar-refractivity contribution in [1.29, 1.82) is 0 Å². The molecule has 0 aliphatic carbocycles. The maximum absolute atomic E-state index is 8.82. The van der Waals surface area contributed by atoms with Crippen LogP contribution < -0.4 is 19.8 Å². The number of anilines is 1. The third-order valence-electron chi connectivity index (χ3n) is 5.25. The van der Waals surface area contributed by atoms with E-state index in [1.54, 1.807) is 0 Å². The molecule has 0 spiro atoms. The predicted octanol–water partition coefficient (Wildman–Crippen LogP) is 3.45. The number of hydrogen-bond donors (Lipinski definition) is 0. The average Bonchev–Trinajstić information content (AvgIpc) is 2.72. The van der Waals surface area contributed by atoms with Crippen LogP contribution in [-0.2, 0) is 13.4 Å². The molecule has 0 bridgehead atoms. The standard InChI is InChI=1S/C24H28BN2/c1-17(2)14-20-15-24(26(5)23-13-9-8-12-22(20)23)27-16-19-10-6-7-11-21(19)18(3)25(27)4/h6-13,15-17H,14H2,1-5H3/q+1/i3D3,14D2.